The molecule has 0 radical (unpaired) electrons. The maximum atomic E-state index is 5.70. The lowest BCUT2D eigenvalue weighted by atomic mass is 10.1. The molecule has 13 heavy (non-hydrogen) atoms. The van der Waals surface area contributed by atoms with E-state index in [1.165, 1.54) is 15.3 Å². The van der Waals surface area contributed by atoms with E-state index in [9.17, 15) is 0 Å². The van der Waals surface area contributed by atoms with Crippen molar-refractivity contribution in [2.45, 2.75) is 19.4 Å². The van der Waals surface area contributed by atoms with Crippen molar-refractivity contribution in [3.05, 3.63) is 21.4 Å². The molecular weight excluding hydrogens is 182 g/mol. The van der Waals surface area contributed by atoms with Gasteiger partial charge in [0.2, 0.25) is 0 Å². The second kappa shape index (κ2) is 3.78. The van der Waals surface area contributed by atoms with Gasteiger partial charge in [-0.3, -0.25) is 0 Å². The summed E-state index contributed by atoms with van der Waals surface area (Å²) in [6, 6.07) is 2.27. The van der Waals surface area contributed by atoms with Gasteiger partial charge in [-0.05, 0) is 25.6 Å². The number of nitrogens with one attached hydrogen (secondary N) is 1. The van der Waals surface area contributed by atoms with Crippen LogP contribution in [0.1, 0.15) is 21.4 Å². The van der Waals surface area contributed by atoms with Crippen molar-refractivity contribution in [2.75, 3.05) is 20.2 Å². The van der Waals surface area contributed by atoms with Gasteiger partial charge < -0.3 is 10.1 Å². The third-order valence-corrected chi connectivity index (χ3v) is 3.48. The summed E-state index contributed by atoms with van der Waals surface area (Å²) in [5.41, 5.74) is 1.41. The maximum Gasteiger partial charge on any atom is 0.0960 e. The van der Waals surface area contributed by atoms with E-state index in [-0.39, 0.29) is 6.10 Å². The van der Waals surface area contributed by atoms with E-state index >= 15 is 0 Å². The molecule has 0 amide bonds. The number of likely N-dealkylation sites (N-methyl/N-ethyl adjacent to an activating group) is 1. The summed E-state index contributed by atoms with van der Waals surface area (Å²) in [6.45, 7) is 3.96. The van der Waals surface area contributed by atoms with Crippen LogP contribution in [0.2, 0.25) is 0 Å². The fraction of sp³-hybridized carbons (Fsp3) is 0.600. The molecule has 1 aliphatic heterocycles. The smallest absolute Gasteiger partial charge is 0.0960 e. The molecular formula is C10H15NOS. The average Bonchev–Trinajstić information content (AvgIpc) is 2.47. The third-order valence-electron chi connectivity index (χ3n) is 2.35. The Kier molecular flexibility index (Phi) is 2.67. The van der Waals surface area contributed by atoms with Crippen molar-refractivity contribution in [1.82, 2.24) is 5.32 Å². The number of rotatable bonds is 2. The SMILES string of the molecule is CNC[C@@H]1OCCc2sc(C)cc21. The summed E-state index contributed by atoms with van der Waals surface area (Å²) >= 11 is 1.91. The number of aryl methyl sites for hydroxylation is 1. The van der Waals surface area contributed by atoms with Crippen LogP contribution in [0.4, 0.5) is 0 Å². The van der Waals surface area contributed by atoms with E-state index in [2.05, 4.69) is 18.3 Å². The second-order valence-electron chi connectivity index (χ2n) is 3.40. The summed E-state index contributed by atoms with van der Waals surface area (Å²) in [6.07, 6.45) is 1.37. The summed E-state index contributed by atoms with van der Waals surface area (Å²) < 4.78 is 5.70. The van der Waals surface area contributed by atoms with Crippen LogP contribution in [0.3, 0.4) is 0 Å². The fourth-order valence-electron chi connectivity index (χ4n) is 1.79. The summed E-state index contributed by atoms with van der Waals surface area (Å²) in [4.78, 5) is 2.92. The Morgan fingerprint density at radius 1 is 1.69 bits per heavy atom. The van der Waals surface area contributed by atoms with E-state index < -0.39 is 0 Å². The number of thiophene rings is 1. The zero-order valence-corrected chi connectivity index (χ0v) is 8.91. The monoisotopic (exact) mass is 197 g/mol. The topological polar surface area (TPSA) is 21.3 Å². The Balaban J connectivity index is 2.25. The first-order valence-electron chi connectivity index (χ1n) is 4.66. The zero-order valence-electron chi connectivity index (χ0n) is 8.09. The van der Waals surface area contributed by atoms with Crippen LogP contribution in [0.25, 0.3) is 0 Å². The molecule has 0 bridgehead atoms. The minimum atomic E-state index is 0.277. The summed E-state index contributed by atoms with van der Waals surface area (Å²) in [5.74, 6) is 0. The molecule has 3 heteroatoms. The van der Waals surface area contributed by atoms with Gasteiger partial charge in [0.05, 0.1) is 12.7 Å². The molecule has 0 spiro atoms. The summed E-state index contributed by atoms with van der Waals surface area (Å²) in [5, 5.41) is 3.17. The molecule has 1 atom stereocenters. The van der Waals surface area contributed by atoms with Crippen LogP contribution < -0.4 is 5.32 Å². The van der Waals surface area contributed by atoms with Crippen molar-refractivity contribution in [3.63, 3.8) is 0 Å². The molecule has 1 aromatic rings. The zero-order chi connectivity index (χ0) is 9.26. The lowest BCUT2D eigenvalue weighted by Gasteiger charge is -2.22. The van der Waals surface area contributed by atoms with Gasteiger partial charge >= 0.3 is 0 Å². The van der Waals surface area contributed by atoms with Crippen LogP contribution in [0.5, 0.6) is 0 Å². The minimum Gasteiger partial charge on any atom is -0.372 e. The quantitative estimate of drug-likeness (QED) is 0.781. The van der Waals surface area contributed by atoms with E-state index in [0.29, 0.717) is 0 Å². The molecule has 2 heterocycles. The van der Waals surface area contributed by atoms with E-state index in [4.69, 9.17) is 4.74 Å². The van der Waals surface area contributed by atoms with Crippen LogP contribution >= 0.6 is 11.3 Å². The highest BCUT2D eigenvalue weighted by Crippen LogP contribution is 2.32. The predicted molar refractivity (Wildman–Crippen MR) is 55.4 cm³/mol. The number of hydrogen-bond acceptors (Lipinski definition) is 3. The molecule has 72 valence electrons. The third kappa shape index (κ3) is 1.77. The maximum absolute atomic E-state index is 5.70. The lowest BCUT2D eigenvalue weighted by Crippen LogP contribution is -2.24. The molecule has 0 aromatic carbocycles. The lowest BCUT2D eigenvalue weighted by molar-refractivity contribution is 0.0451. The van der Waals surface area contributed by atoms with Crippen LogP contribution in [0.15, 0.2) is 6.07 Å². The first-order valence-corrected chi connectivity index (χ1v) is 5.48. The molecule has 2 nitrogen and oxygen atoms in total. The Bertz CT molecular complexity index is 295. The molecule has 0 unspecified atom stereocenters. The number of hydrogen-bond donors (Lipinski definition) is 1. The Labute approximate surface area is 82.9 Å². The van der Waals surface area contributed by atoms with Gasteiger partial charge in [0.1, 0.15) is 0 Å². The molecule has 1 aromatic heterocycles. The number of fused-ring (bicyclic) bond motifs is 1. The molecule has 0 saturated heterocycles. The summed E-state index contributed by atoms with van der Waals surface area (Å²) in [7, 11) is 1.97. The minimum absolute atomic E-state index is 0.277. The van der Waals surface area contributed by atoms with E-state index in [1.54, 1.807) is 0 Å². The first-order chi connectivity index (χ1) is 6.31. The van der Waals surface area contributed by atoms with Crippen molar-refractivity contribution in [2.24, 2.45) is 0 Å². The van der Waals surface area contributed by atoms with Gasteiger partial charge in [-0.25, -0.2) is 0 Å². The molecule has 1 aliphatic rings. The Morgan fingerprint density at radius 2 is 2.54 bits per heavy atom. The highest BCUT2D eigenvalue weighted by molar-refractivity contribution is 7.12. The van der Waals surface area contributed by atoms with Gasteiger partial charge in [0, 0.05) is 22.7 Å². The van der Waals surface area contributed by atoms with Gasteiger partial charge in [-0.1, -0.05) is 0 Å². The molecule has 2 rings (SSSR count). The average molecular weight is 197 g/mol. The number of ether oxygens (including phenoxy) is 1. The van der Waals surface area contributed by atoms with E-state index in [1.807, 2.05) is 18.4 Å². The van der Waals surface area contributed by atoms with Crippen molar-refractivity contribution in [3.8, 4) is 0 Å². The van der Waals surface area contributed by atoms with Gasteiger partial charge in [-0.15, -0.1) is 11.3 Å². The predicted octanol–water partition coefficient (Wildman–Crippen LogP) is 1.89. The standard InChI is InChI=1S/C10H15NOS/c1-7-5-8-9(6-11-2)12-4-3-10(8)13-7/h5,9,11H,3-4,6H2,1-2H3/t9-/m0/s1. The van der Waals surface area contributed by atoms with Crippen LogP contribution in [-0.4, -0.2) is 20.2 Å². The first kappa shape index (κ1) is 9.19. The van der Waals surface area contributed by atoms with Crippen molar-refractivity contribution in [1.29, 1.82) is 0 Å². The molecule has 1 N–H and O–H groups in total. The van der Waals surface area contributed by atoms with E-state index in [0.717, 1.165) is 19.6 Å². The van der Waals surface area contributed by atoms with Crippen LogP contribution in [-0.2, 0) is 11.2 Å². The van der Waals surface area contributed by atoms with Gasteiger partial charge in [0.25, 0.3) is 0 Å². The molecule has 0 aliphatic carbocycles. The Hall–Kier alpha value is -0.380. The second-order valence-corrected chi connectivity index (χ2v) is 4.74. The fourth-order valence-corrected chi connectivity index (χ4v) is 2.86. The van der Waals surface area contributed by atoms with Gasteiger partial charge in [-0.2, -0.15) is 0 Å². The Morgan fingerprint density at radius 3 is 3.31 bits per heavy atom. The van der Waals surface area contributed by atoms with Crippen LogP contribution in [0, 0.1) is 6.92 Å². The normalized spacial score (nSPS) is 21.5. The molecule has 0 saturated carbocycles. The van der Waals surface area contributed by atoms with Gasteiger partial charge in [0.15, 0.2) is 0 Å². The molecule has 0 fully saturated rings. The van der Waals surface area contributed by atoms with Crippen molar-refractivity contribution >= 4 is 11.3 Å². The largest absolute Gasteiger partial charge is 0.372 e. The van der Waals surface area contributed by atoms with Crippen molar-refractivity contribution < 1.29 is 4.74 Å². The highest BCUT2D eigenvalue weighted by Gasteiger charge is 2.21. The highest BCUT2D eigenvalue weighted by atomic mass is 32.1.